The number of hydrogen-bond donors (Lipinski definition) is 1. The third kappa shape index (κ3) is 5.10. The first-order chi connectivity index (χ1) is 8.84. The average molecular weight is 340 g/mol. The van der Waals surface area contributed by atoms with Crippen LogP contribution in [0.5, 0.6) is 0 Å². The highest BCUT2D eigenvalue weighted by atomic mass is 79.9. The molecule has 0 aliphatic heterocycles. The first kappa shape index (κ1) is 15.8. The summed E-state index contributed by atoms with van der Waals surface area (Å²) < 4.78 is 42.4. The van der Waals surface area contributed by atoms with E-state index in [1.165, 1.54) is 6.07 Å². The van der Waals surface area contributed by atoms with Gasteiger partial charge in [0.1, 0.15) is 0 Å². The number of halogens is 4. The molecule has 106 valence electrons. The number of ether oxygens (including phenoxy) is 1. The molecular formula is C12H13BrF3NO2. The van der Waals surface area contributed by atoms with E-state index in [-0.39, 0.29) is 12.4 Å². The van der Waals surface area contributed by atoms with Crippen molar-refractivity contribution in [3.05, 3.63) is 28.2 Å². The fourth-order valence-electron chi connectivity index (χ4n) is 1.37. The van der Waals surface area contributed by atoms with Gasteiger partial charge >= 0.3 is 12.1 Å². The highest BCUT2D eigenvalue weighted by Gasteiger charge is 2.30. The van der Waals surface area contributed by atoms with Crippen molar-refractivity contribution < 1.29 is 22.7 Å². The first-order valence-corrected chi connectivity index (χ1v) is 6.40. The van der Waals surface area contributed by atoms with Crippen LogP contribution in [0.3, 0.4) is 0 Å². The molecule has 0 fully saturated rings. The molecular weight excluding hydrogens is 327 g/mol. The number of carbonyl (C=O) groups excluding carboxylic acids is 1. The fraction of sp³-hybridized carbons (Fsp3) is 0.417. The summed E-state index contributed by atoms with van der Waals surface area (Å²) in [5, 5.41) is 2.87. The van der Waals surface area contributed by atoms with Gasteiger partial charge in [0, 0.05) is 16.7 Å². The topological polar surface area (TPSA) is 38.3 Å². The summed E-state index contributed by atoms with van der Waals surface area (Å²) in [7, 11) is 0. The molecule has 19 heavy (non-hydrogen) atoms. The Hall–Kier alpha value is -1.24. The van der Waals surface area contributed by atoms with Crippen molar-refractivity contribution in [3.63, 3.8) is 0 Å². The summed E-state index contributed by atoms with van der Waals surface area (Å²) >= 11 is 3.06. The second-order valence-corrected chi connectivity index (χ2v) is 4.53. The van der Waals surface area contributed by atoms with Gasteiger partial charge in [-0.1, -0.05) is 0 Å². The van der Waals surface area contributed by atoms with Gasteiger partial charge in [-0.25, -0.2) is 0 Å². The monoisotopic (exact) mass is 339 g/mol. The number of benzene rings is 1. The minimum atomic E-state index is -4.37. The Labute approximate surface area is 117 Å². The van der Waals surface area contributed by atoms with Gasteiger partial charge in [-0.3, -0.25) is 4.79 Å². The lowest BCUT2D eigenvalue weighted by Gasteiger charge is -2.11. The Morgan fingerprint density at radius 1 is 1.42 bits per heavy atom. The van der Waals surface area contributed by atoms with Gasteiger partial charge in [0.2, 0.25) is 0 Å². The van der Waals surface area contributed by atoms with Crippen molar-refractivity contribution in [1.82, 2.24) is 0 Å². The quantitative estimate of drug-likeness (QED) is 0.828. The molecule has 1 aromatic rings. The zero-order valence-electron chi connectivity index (χ0n) is 10.2. The van der Waals surface area contributed by atoms with E-state index in [0.717, 1.165) is 12.1 Å². The molecule has 3 nitrogen and oxygen atoms in total. The van der Waals surface area contributed by atoms with Crippen LogP contribution in [0, 0.1) is 0 Å². The van der Waals surface area contributed by atoms with Gasteiger partial charge in [-0.2, -0.15) is 13.2 Å². The Balaban J connectivity index is 2.58. The van der Waals surface area contributed by atoms with Gasteiger partial charge in [-0.05, 0) is 41.1 Å². The number of esters is 1. The Morgan fingerprint density at radius 2 is 2.11 bits per heavy atom. The summed E-state index contributed by atoms with van der Waals surface area (Å²) in [5.74, 6) is -0.349. The molecule has 0 unspecified atom stereocenters. The number of hydrogen-bond acceptors (Lipinski definition) is 3. The standard InChI is InChI=1S/C12H13BrF3NO2/c1-2-19-11(18)5-6-17-10-4-3-8(7-9(10)13)12(14,15)16/h3-4,7,17H,2,5-6H2,1H3. The lowest BCUT2D eigenvalue weighted by Crippen LogP contribution is -2.12. The molecule has 1 rings (SSSR count). The van der Waals surface area contributed by atoms with Gasteiger partial charge < -0.3 is 10.1 Å². The van der Waals surface area contributed by atoms with Crippen molar-refractivity contribution in [3.8, 4) is 0 Å². The van der Waals surface area contributed by atoms with E-state index in [0.29, 0.717) is 23.3 Å². The van der Waals surface area contributed by atoms with Crippen molar-refractivity contribution in [2.75, 3.05) is 18.5 Å². The third-order valence-corrected chi connectivity index (χ3v) is 2.90. The molecule has 0 spiro atoms. The summed E-state index contributed by atoms with van der Waals surface area (Å²) in [6.07, 6.45) is -4.21. The molecule has 0 saturated carbocycles. The van der Waals surface area contributed by atoms with E-state index in [1.54, 1.807) is 6.92 Å². The minimum absolute atomic E-state index is 0.154. The minimum Gasteiger partial charge on any atom is -0.466 e. The summed E-state index contributed by atoms with van der Waals surface area (Å²) in [6, 6.07) is 3.29. The van der Waals surface area contributed by atoms with Crippen molar-refractivity contribution >= 4 is 27.6 Å². The highest BCUT2D eigenvalue weighted by molar-refractivity contribution is 9.10. The van der Waals surface area contributed by atoms with Gasteiger partial charge in [0.05, 0.1) is 18.6 Å². The lowest BCUT2D eigenvalue weighted by molar-refractivity contribution is -0.142. The number of alkyl halides is 3. The lowest BCUT2D eigenvalue weighted by atomic mass is 10.2. The van der Waals surface area contributed by atoms with Crippen LogP contribution in [-0.2, 0) is 15.7 Å². The maximum absolute atomic E-state index is 12.4. The molecule has 0 amide bonds. The normalized spacial score (nSPS) is 11.2. The molecule has 0 radical (unpaired) electrons. The molecule has 1 aromatic carbocycles. The summed E-state index contributed by atoms with van der Waals surface area (Å²) in [4.78, 5) is 11.1. The van der Waals surface area contributed by atoms with Gasteiger partial charge in [-0.15, -0.1) is 0 Å². The fourth-order valence-corrected chi connectivity index (χ4v) is 1.89. The number of nitrogens with one attached hydrogen (secondary N) is 1. The Morgan fingerprint density at radius 3 is 2.63 bits per heavy atom. The van der Waals surface area contributed by atoms with Crippen molar-refractivity contribution in [1.29, 1.82) is 0 Å². The molecule has 0 heterocycles. The molecule has 0 aliphatic carbocycles. The van der Waals surface area contributed by atoms with E-state index in [1.807, 2.05) is 0 Å². The zero-order valence-corrected chi connectivity index (χ0v) is 11.8. The maximum atomic E-state index is 12.4. The van der Waals surface area contributed by atoms with Crippen molar-refractivity contribution in [2.24, 2.45) is 0 Å². The Kier molecular flexibility index (Phi) is 5.65. The predicted molar refractivity (Wildman–Crippen MR) is 68.9 cm³/mol. The van der Waals surface area contributed by atoms with Gasteiger partial charge in [0.25, 0.3) is 0 Å². The number of carbonyl (C=O) groups is 1. The van der Waals surface area contributed by atoms with Crippen molar-refractivity contribution in [2.45, 2.75) is 19.5 Å². The number of anilines is 1. The van der Waals surface area contributed by atoms with Crippen LogP contribution >= 0.6 is 15.9 Å². The van der Waals surface area contributed by atoms with Crippen LogP contribution in [0.1, 0.15) is 18.9 Å². The van der Waals surface area contributed by atoms with E-state index < -0.39 is 11.7 Å². The molecule has 7 heteroatoms. The zero-order chi connectivity index (χ0) is 14.5. The van der Waals surface area contributed by atoms with E-state index in [4.69, 9.17) is 4.74 Å². The molecule has 0 atom stereocenters. The molecule has 0 aromatic heterocycles. The predicted octanol–water partition coefficient (Wildman–Crippen LogP) is 3.83. The first-order valence-electron chi connectivity index (χ1n) is 5.61. The van der Waals surface area contributed by atoms with Gasteiger partial charge in [0.15, 0.2) is 0 Å². The third-order valence-electron chi connectivity index (χ3n) is 2.25. The summed E-state index contributed by atoms with van der Waals surface area (Å²) in [5.41, 5.74) is -0.229. The van der Waals surface area contributed by atoms with E-state index >= 15 is 0 Å². The number of rotatable bonds is 5. The molecule has 0 saturated heterocycles. The smallest absolute Gasteiger partial charge is 0.416 e. The highest BCUT2D eigenvalue weighted by Crippen LogP contribution is 2.33. The second kappa shape index (κ2) is 6.79. The second-order valence-electron chi connectivity index (χ2n) is 3.67. The van der Waals surface area contributed by atoms with E-state index in [2.05, 4.69) is 21.2 Å². The van der Waals surface area contributed by atoms with E-state index in [9.17, 15) is 18.0 Å². The van der Waals surface area contributed by atoms with Crippen LogP contribution in [0.15, 0.2) is 22.7 Å². The van der Waals surface area contributed by atoms with Crippen LogP contribution in [-0.4, -0.2) is 19.1 Å². The molecule has 1 N–H and O–H groups in total. The summed E-state index contributed by atoms with van der Waals surface area (Å²) in [6.45, 7) is 2.31. The van der Waals surface area contributed by atoms with Crippen LogP contribution in [0.4, 0.5) is 18.9 Å². The Bertz CT molecular complexity index is 449. The average Bonchev–Trinajstić information content (AvgIpc) is 2.30. The SMILES string of the molecule is CCOC(=O)CCNc1ccc(C(F)(F)F)cc1Br. The van der Waals surface area contributed by atoms with Crippen LogP contribution < -0.4 is 5.32 Å². The van der Waals surface area contributed by atoms with Crippen LogP contribution in [0.2, 0.25) is 0 Å². The van der Waals surface area contributed by atoms with Crippen LogP contribution in [0.25, 0.3) is 0 Å². The molecule has 0 bridgehead atoms. The molecule has 0 aliphatic rings. The largest absolute Gasteiger partial charge is 0.466 e. The maximum Gasteiger partial charge on any atom is 0.416 e.